The van der Waals surface area contributed by atoms with Crippen LogP contribution in [0.4, 0.5) is 17.1 Å². The Kier molecular flexibility index (Phi) is 5.25. The zero-order valence-electron chi connectivity index (χ0n) is 15.9. The number of para-hydroxylation sites is 1. The third-order valence-corrected chi connectivity index (χ3v) is 5.12. The van der Waals surface area contributed by atoms with Gasteiger partial charge in [-0.15, -0.1) is 10.2 Å². The second kappa shape index (κ2) is 8.02. The van der Waals surface area contributed by atoms with Gasteiger partial charge in [0.1, 0.15) is 0 Å². The second-order valence-corrected chi connectivity index (χ2v) is 7.52. The van der Waals surface area contributed by atoms with Gasteiger partial charge in [0, 0.05) is 17.3 Å². The maximum absolute atomic E-state index is 11.3. The number of thioether (sulfide) groups is 1. The number of nitrogens with zero attached hydrogens (tertiary/aromatic N) is 5. The van der Waals surface area contributed by atoms with Crippen molar-refractivity contribution >= 4 is 28.8 Å². The quantitative estimate of drug-likeness (QED) is 0.336. The van der Waals surface area contributed by atoms with Crippen LogP contribution in [0.3, 0.4) is 0 Å². The van der Waals surface area contributed by atoms with Gasteiger partial charge in [0.25, 0.3) is 5.69 Å². The predicted molar refractivity (Wildman–Crippen MR) is 110 cm³/mol. The molecule has 2 N–H and O–H groups in total. The number of non-ortho nitro benzene ring substituents is 1. The monoisotopic (exact) mass is 442 g/mol. The van der Waals surface area contributed by atoms with E-state index in [2.05, 4.69) is 20.5 Å². The van der Waals surface area contributed by atoms with E-state index in [-0.39, 0.29) is 11.4 Å². The van der Waals surface area contributed by atoms with E-state index in [1.807, 2.05) is 6.92 Å². The number of phenolic OH excluding ortho intramolecular Hbond substituents is 1. The first kappa shape index (κ1) is 20.3. The van der Waals surface area contributed by atoms with E-state index in [1.54, 1.807) is 24.3 Å². The van der Waals surface area contributed by atoms with Crippen LogP contribution in [0, 0.1) is 20.2 Å². The van der Waals surface area contributed by atoms with Crippen molar-refractivity contribution in [2.24, 2.45) is 0 Å². The average molecular weight is 442 g/mol. The molecule has 0 bridgehead atoms. The summed E-state index contributed by atoms with van der Waals surface area (Å²) in [5, 5.41) is 44.8. The third-order valence-electron chi connectivity index (χ3n) is 4.40. The molecule has 0 fully saturated rings. The van der Waals surface area contributed by atoms with E-state index in [0.29, 0.717) is 33.9 Å². The SMILES string of the molecule is CCSc1nnc2c(n1)OC(c1cc([N+](=O)[O-])cc([N+](=O)[O-])c1O)Nc1ccccc1-2. The lowest BCUT2D eigenvalue weighted by molar-refractivity contribution is -0.394. The molecule has 3 aromatic rings. The van der Waals surface area contributed by atoms with Crippen LogP contribution in [0.2, 0.25) is 0 Å². The third kappa shape index (κ3) is 3.77. The Morgan fingerprint density at radius 1 is 1.19 bits per heavy atom. The molecule has 1 aliphatic rings. The number of anilines is 1. The number of nitro benzene ring substituents is 2. The van der Waals surface area contributed by atoms with Crippen LogP contribution in [0.1, 0.15) is 18.7 Å². The van der Waals surface area contributed by atoms with E-state index in [0.717, 1.165) is 6.07 Å². The highest BCUT2D eigenvalue weighted by atomic mass is 32.2. The highest BCUT2D eigenvalue weighted by Gasteiger charge is 2.32. The Balaban J connectivity index is 1.91. The maximum Gasteiger partial charge on any atom is 0.318 e. The topological polar surface area (TPSA) is 166 Å². The number of benzene rings is 2. The minimum atomic E-state index is -1.22. The fourth-order valence-electron chi connectivity index (χ4n) is 3.05. The molecule has 0 saturated heterocycles. The number of hydrogen-bond acceptors (Lipinski definition) is 11. The van der Waals surface area contributed by atoms with Crippen molar-refractivity contribution < 1.29 is 19.7 Å². The number of aromatic hydroxyl groups is 1. The Labute approximate surface area is 178 Å². The fraction of sp³-hybridized carbons (Fsp3) is 0.167. The van der Waals surface area contributed by atoms with Crippen molar-refractivity contribution in [3.8, 4) is 22.9 Å². The Bertz CT molecular complexity index is 1210. The summed E-state index contributed by atoms with van der Waals surface area (Å²) in [4.78, 5) is 25.3. The zero-order valence-corrected chi connectivity index (χ0v) is 16.7. The van der Waals surface area contributed by atoms with Crippen LogP contribution >= 0.6 is 11.8 Å². The van der Waals surface area contributed by atoms with E-state index in [1.165, 1.54) is 11.8 Å². The molecule has 0 amide bonds. The number of fused-ring (bicyclic) bond motifs is 3. The number of nitro groups is 2. The molecule has 1 unspecified atom stereocenters. The summed E-state index contributed by atoms with van der Waals surface area (Å²) in [7, 11) is 0. The molecule has 2 aromatic carbocycles. The van der Waals surface area contributed by atoms with Gasteiger partial charge in [0.15, 0.2) is 5.69 Å². The zero-order chi connectivity index (χ0) is 22.1. The standard InChI is InChI=1S/C18H14N6O6S/c1-2-31-18-20-17-14(21-22-18)10-5-3-4-6-12(10)19-16(30-17)11-7-9(23(26)27)8-13(15(11)25)24(28)29/h3-8,16,19,25H,2H2,1H3. The Hall–Kier alpha value is -4.00. The van der Waals surface area contributed by atoms with E-state index in [4.69, 9.17) is 4.74 Å². The van der Waals surface area contributed by atoms with Crippen molar-refractivity contribution in [1.29, 1.82) is 0 Å². The molecule has 0 spiro atoms. The molecule has 1 atom stereocenters. The van der Waals surface area contributed by atoms with Gasteiger partial charge < -0.3 is 15.2 Å². The van der Waals surface area contributed by atoms with Crippen LogP contribution in [0.15, 0.2) is 41.6 Å². The molecule has 0 radical (unpaired) electrons. The largest absolute Gasteiger partial charge is 0.502 e. The molecule has 2 heterocycles. The van der Waals surface area contributed by atoms with Gasteiger partial charge in [-0.05, 0) is 11.8 Å². The number of rotatable bonds is 5. The number of phenols is 1. The Morgan fingerprint density at radius 3 is 2.68 bits per heavy atom. The van der Waals surface area contributed by atoms with Gasteiger partial charge in [-0.25, -0.2) is 0 Å². The van der Waals surface area contributed by atoms with Crippen molar-refractivity contribution in [3.05, 3.63) is 62.2 Å². The smallest absolute Gasteiger partial charge is 0.318 e. The molecule has 0 saturated carbocycles. The molecule has 31 heavy (non-hydrogen) atoms. The summed E-state index contributed by atoms with van der Waals surface area (Å²) in [6, 6.07) is 8.69. The molecule has 4 rings (SSSR count). The highest BCUT2D eigenvalue weighted by Crippen LogP contribution is 2.44. The summed E-state index contributed by atoms with van der Waals surface area (Å²) < 4.78 is 5.92. The molecular weight excluding hydrogens is 428 g/mol. The first-order valence-electron chi connectivity index (χ1n) is 8.94. The molecule has 13 heteroatoms. The summed E-state index contributed by atoms with van der Waals surface area (Å²) in [5.41, 5.74) is -0.113. The molecule has 0 aliphatic carbocycles. The number of hydrogen-bond donors (Lipinski definition) is 2. The lowest BCUT2D eigenvalue weighted by Crippen LogP contribution is -2.18. The van der Waals surface area contributed by atoms with Crippen molar-refractivity contribution in [1.82, 2.24) is 15.2 Å². The molecule has 12 nitrogen and oxygen atoms in total. The summed E-state index contributed by atoms with van der Waals surface area (Å²) in [6.07, 6.45) is -1.22. The number of aromatic nitrogens is 3. The average Bonchev–Trinajstić information content (AvgIpc) is 2.90. The van der Waals surface area contributed by atoms with Gasteiger partial charge >= 0.3 is 5.69 Å². The lowest BCUT2D eigenvalue weighted by atomic mass is 10.1. The van der Waals surface area contributed by atoms with Gasteiger partial charge in [-0.2, -0.15) is 4.98 Å². The van der Waals surface area contributed by atoms with Crippen LogP contribution in [0.5, 0.6) is 11.6 Å². The first-order chi connectivity index (χ1) is 14.9. The van der Waals surface area contributed by atoms with E-state index >= 15 is 0 Å². The van der Waals surface area contributed by atoms with Gasteiger partial charge in [-0.1, -0.05) is 36.9 Å². The molecule has 1 aromatic heterocycles. The predicted octanol–water partition coefficient (Wildman–Crippen LogP) is 3.68. The van der Waals surface area contributed by atoms with Crippen LogP contribution in [0.25, 0.3) is 11.3 Å². The van der Waals surface area contributed by atoms with Gasteiger partial charge in [-0.3, -0.25) is 20.2 Å². The van der Waals surface area contributed by atoms with E-state index < -0.39 is 33.2 Å². The summed E-state index contributed by atoms with van der Waals surface area (Å²) in [6.45, 7) is 1.92. The summed E-state index contributed by atoms with van der Waals surface area (Å²) in [5.74, 6) is 0.0116. The second-order valence-electron chi connectivity index (χ2n) is 6.29. The van der Waals surface area contributed by atoms with Crippen molar-refractivity contribution in [2.75, 3.05) is 11.1 Å². The Morgan fingerprint density at radius 2 is 1.97 bits per heavy atom. The minimum Gasteiger partial charge on any atom is -0.502 e. The van der Waals surface area contributed by atoms with Crippen LogP contribution < -0.4 is 10.1 Å². The van der Waals surface area contributed by atoms with Crippen molar-refractivity contribution in [2.45, 2.75) is 18.3 Å². The first-order valence-corrected chi connectivity index (χ1v) is 9.93. The summed E-state index contributed by atoms with van der Waals surface area (Å²) >= 11 is 1.34. The highest BCUT2D eigenvalue weighted by molar-refractivity contribution is 7.99. The lowest BCUT2D eigenvalue weighted by Gasteiger charge is -2.20. The maximum atomic E-state index is 11.3. The van der Waals surface area contributed by atoms with Crippen LogP contribution in [-0.2, 0) is 0 Å². The fourth-order valence-corrected chi connectivity index (χ4v) is 3.55. The molecule has 158 valence electrons. The minimum absolute atomic E-state index is 0.0713. The molecule has 1 aliphatic heterocycles. The van der Waals surface area contributed by atoms with E-state index in [9.17, 15) is 25.3 Å². The van der Waals surface area contributed by atoms with Crippen molar-refractivity contribution in [3.63, 3.8) is 0 Å². The molecular formula is C18H14N6O6S. The van der Waals surface area contributed by atoms with Gasteiger partial charge in [0.2, 0.25) is 23.0 Å². The normalized spacial score (nSPS) is 14.4. The number of nitrogens with one attached hydrogen (secondary N) is 1. The van der Waals surface area contributed by atoms with Crippen LogP contribution in [-0.4, -0.2) is 35.9 Å². The van der Waals surface area contributed by atoms with Gasteiger partial charge in [0.05, 0.1) is 21.5 Å². The number of ether oxygens (including phenoxy) is 1.